The van der Waals surface area contributed by atoms with Gasteiger partial charge in [0.15, 0.2) is 22.0 Å². The monoisotopic (exact) mass is 1170 g/mol. The highest BCUT2D eigenvalue weighted by Crippen LogP contribution is 2.55. The van der Waals surface area contributed by atoms with E-state index in [2.05, 4.69) is 68.1 Å². The van der Waals surface area contributed by atoms with Gasteiger partial charge < -0.3 is 80.0 Å². The Morgan fingerprint density at radius 1 is 0.900 bits per heavy atom. The number of carbonyl (C=O) groups excluding carboxylic acids is 6. The number of aromatic amines is 1. The molecule has 32 nitrogen and oxygen atoms in total. The zero-order valence-corrected chi connectivity index (χ0v) is 44.5. The minimum Gasteiger partial charge on any atom is -0.481 e. The number of nitrogens with zero attached hydrogens (tertiary/aromatic N) is 4. The zero-order valence-electron chi connectivity index (χ0n) is 42.0. The molecule has 0 bridgehead atoms. The van der Waals surface area contributed by atoms with Crippen molar-refractivity contribution in [1.29, 1.82) is 0 Å². The number of guanidine groups is 1. The van der Waals surface area contributed by atoms with Gasteiger partial charge in [-0.15, -0.1) is 47.6 Å². The summed E-state index contributed by atoms with van der Waals surface area (Å²) in [6.45, 7) is -0.0319. The number of terminal acetylenes is 1. The lowest BCUT2D eigenvalue weighted by atomic mass is 10.0. The van der Waals surface area contributed by atoms with Crippen molar-refractivity contribution in [2.24, 2.45) is 16.5 Å². The number of carboxylic acids is 5. The number of nitrogens with one attached hydrogen (secondary N) is 8. The summed E-state index contributed by atoms with van der Waals surface area (Å²) in [6, 6.07) is 0.518. The van der Waals surface area contributed by atoms with Gasteiger partial charge in [0.2, 0.25) is 29.6 Å². The van der Waals surface area contributed by atoms with Crippen LogP contribution in [-0.4, -0.2) is 174 Å². The summed E-state index contributed by atoms with van der Waals surface area (Å²) in [7, 11) is 0. The van der Waals surface area contributed by atoms with Crippen molar-refractivity contribution in [2.75, 3.05) is 29.7 Å². The predicted octanol–water partition coefficient (Wildman–Crippen LogP) is -3.30. The molecular weight excluding hydrogens is 1120 g/mol. The number of anilines is 2. The molecule has 0 saturated carbocycles. The highest BCUT2D eigenvalue weighted by Gasteiger charge is 2.64. The third-order valence-corrected chi connectivity index (χ3v) is 15.0. The second-order valence-corrected chi connectivity index (χ2v) is 20.9. The van der Waals surface area contributed by atoms with Gasteiger partial charge in [-0.05, 0) is 49.8 Å². The maximum absolute atomic E-state index is 14.2. The van der Waals surface area contributed by atoms with E-state index in [1.165, 1.54) is 36.7 Å². The Balaban J connectivity index is 1.45. The largest absolute Gasteiger partial charge is 0.481 e. The molecule has 6 amide bonds. The van der Waals surface area contributed by atoms with Gasteiger partial charge in [-0.1, -0.05) is 0 Å². The molecule has 1 aromatic carbocycles. The van der Waals surface area contributed by atoms with E-state index in [1.807, 2.05) is 0 Å². The zero-order chi connectivity index (χ0) is 59.5. The normalized spacial score (nSPS) is 16.5. The van der Waals surface area contributed by atoms with E-state index in [0.29, 0.717) is 46.7 Å². The standard InChI is InChI=1S/C45H55N15O17S3/c1-3-5-26(38(74)75)79-19-52-34(69)25(14-28(62)63)56-39(76)44(15-29(64)65)41(80-44)58-35(70)23(6-4-13-49-42(46)47)55-40(77)45(78-2,16-30(66)67)60-27(61)12-11-24(37(72)73)54-33(68)20-7-9-21(10-8-20)50-17-22-18-51-32-31(53-22)36(71)59-43(48)57-32/h1,7-10,18,23-26,41,50H,4-6,11-17,19H2,2H3,(H,52,69)(H,54,68)(H,55,77)(H,56,76)(H,58,70)(H,60,61)(H,62,63)(H,64,65)(H,66,67)(H,72,73)(H,74,75)(H4,46,47,49)(H3,48,51,57,59,71)/t23-,24-,25-,26-,41?,44-,45?/m0/s1. The highest BCUT2D eigenvalue weighted by atomic mass is 32.2. The van der Waals surface area contributed by atoms with Crippen LogP contribution in [0.4, 0.5) is 11.6 Å². The van der Waals surface area contributed by atoms with Crippen LogP contribution in [0.1, 0.15) is 67.4 Å². The molecule has 1 saturated heterocycles. The van der Waals surface area contributed by atoms with Crippen LogP contribution in [-0.2, 0) is 54.5 Å². The number of nitrogens with two attached hydrogens (primary N) is 3. The molecule has 35 heteroatoms. The molecule has 1 aliphatic heterocycles. The van der Waals surface area contributed by atoms with Crippen molar-refractivity contribution >= 4 is 129 Å². The summed E-state index contributed by atoms with van der Waals surface area (Å²) in [6.07, 6.45) is 2.82. The van der Waals surface area contributed by atoms with Gasteiger partial charge in [-0.3, -0.25) is 62.7 Å². The number of H-pyrrole nitrogens is 1. The quantitative estimate of drug-likeness (QED) is 0.00709. The average Bonchev–Trinajstić information content (AvgIpc) is 4.15. The molecule has 3 aromatic rings. The fourth-order valence-electron chi connectivity index (χ4n) is 7.20. The highest BCUT2D eigenvalue weighted by molar-refractivity contribution is 8.09. The Kier molecular flexibility index (Phi) is 23.2. The number of carbonyl (C=O) groups is 11. The number of benzene rings is 1. The van der Waals surface area contributed by atoms with Crippen LogP contribution in [0, 0.1) is 12.3 Å². The van der Waals surface area contributed by atoms with Gasteiger partial charge in [0.1, 0.15) is 33.5 Å². The first-order valence-corrected chi connectivity index (χ1v) is 26.5. The molecule has 0 aliphatic carbocycles. The molecular formula is C45H55N15O17S3. The van der Waals surface area contributed by atoms with E-state index in [0.717, 1.165) is 0 Å². The van der Waals surface area contributed by atoms with Crippen molar-refractivity contribution in [1.82, 2.24) is 51.8 Å². The number of rotatable bonds is 33. The van der Waals surface area contributed by atoms with Crippen LogP contribution >= 0.6 is 35.3 Å². The Morgan fingerprint density at radius 2 is 1.60 bits per heavy atom. The van der Waals surface area contributed by atoms with Crippen molar-refractivity contribution in [3.63, 3.8) is 0 Å². The summed E-state index contributed by atoms with van der Waals surface area (Å²) in [5.41, 5.74) is 16.6. The Bertz CT molecular complexity index is 3010. The maximum Gasteiger partial charge on any atom is 0.326 e. The number of aliphatic imine (C=N–C) groups is 1. The van der Waals surface area contributed by atoms with E-state index < -0.39 is 141 Å². The van der Waals surface area contributed by atoms with Crippen molar-refractivity contribution in [3.8, 4) is 12.3 Å². The summed E-state index contributed by atoms with van der Waals surface area (Å²) >= 11 is 1.79. The third-order valence-electron chi connectivity index (χ3n) is 11.3. The Morgan fingerprint density at radius 3 is 2.20 bits per heavy atom. The fourth-order valence-corrected chi connectivity index (χ4v) is 9.86. The number of nitrogen functional groups attached to an aromatic ring is 1. The second-order valence-electron chi connectivity index (χ2n) is 17.1. The van der Waals surface area contributed by atoms with Crippen LogP contribution in [0.5, 0.6) is 0 Å². The lowest BCUT2D eigenvalue weighted by molar-refractivity contribution is -0.142. The topological polar surface area (TPSA) is 535 Å². The van der Waals surface area contributed by atoms with Gasteiger partial charge >= 0.3 is 29.8 Å². The van der Waals surface area contributed by atoms with Crippen LogP contribution in [0.25, 0.3) is 11.2 Å². The molecule has 430 valence electrons. The maximum atomic E-state index is 14.2. The number of hydrogen-bond acceptors (Lipinski definition) is 21. The van der Waals surface area contributed by atoms with E-state index >= 15 is 0 Å². The predicted molar refractivity (Wildman–Crippen MR) is 287 cm³/mol. The van der Waals surface area contributed by atoms with E-state index in [-0.39, 0.29) is 66.9 Å². The Hall–Kier alpha value is -8.91. The number of amides is 6. The molecule has 80 heavy (non-hydrogen) atoms. The van der Waals surface area contributed by atoms with Crippen molar-refractivity contribution < 1.29 is 78.3 Å². The minimum atomic E-state index is -2.40. The van der Waals surface area contributed by atoms with Gasteiger partial charge in [-0.2, -0.15) is 4.98 Å². The molecule has 0 radical (unpaired) electrons. The third kappa shape index (κ3) is 18.6. The minimum absolute atomic E-state index is 0.00586. The fraction of sp³-hybridized carbons (Fsp3) is 0.422. The summed E-state index contributed by atoms with van der Waals surface area (Å²) in [4.78, 5) is 170. The molecule has 19 N–H and O–H groups in total. The molecule has 3 heterocycles. The summed E-state index contributed by atoms with van der Waals surface area (Å²) in [5, 5.41) is 62.9. The number of aromatic nitrogens is 4. The van der Waals surface area contributed by atoms with Crippen LogP contribution in [0.3, 0.4) is 0 Å². The first-order chi connectivity index (χ1) is 37.7. The van der Waals surface area contributed by atoms with E-state index in [9.17, 15) is 83.1 Å². The SMILES string of the molecule is C#CC[C@H](SCNC(=O)[C@H](CC(=O)O)NC(=O)[C@]1(CC(=O)O)SC1NC(=O)[C@H](CCCN=C(N)N)NC(=O)C(CC(=O)O)(NC(=O)CC[C@H](NC(=O)c1ccc(NCc2cnc3nc(N)[nH]c(=O)c3n2)cc1)C(=O)O)SC)C(=O)O. The molecule has 1 aliphatic rings. The van der Waals surface area contributed by atoms with Crippen molar-refractivity contribution in [2.45, 2.75) is 96.3 Å². The van der Waals surface area contributed by atoms with Crippen molar-refractivity contribution in [3.05, 3.63) is 52.1 Å². The first-order valence-electron chi connectivity index (χ1n) is 23.3. The number of aliphatic carboxylic acids is 5. The second kappa shape index (κ2) is 29.2. The molecule has 0 spiro atoms. The average molecular weight is 1170 g/mol. The first kappa shape index (κ1) is 63.6. The number of carboxylic acid groups (broad SMARTS) is 5. The lowest BCUT2D eigenvalue weighted by Gasteiger charge is -2.32. The molecule has 2 aromatic heterocycles. The molecule has 2 unspecified atom stereocenters. The van der Waals surface area contributed by atoms with Gasteiger partial charge in [0.05, 0.1) is 43.6 Å². The Labute approximate surface area is 464 Å². The lowest BCUT2D eigenvalue weighted by Crippen LogP contribution is -2.61. The van der Waals surface area contributed by atoms with E-state index in [4.69, 9.17) is 23.6 Å². The van der Waals surface area contributed by atoms with Crippen LogP contribution < -0.4 is 60.0 Å². The van der Waals surface area contributed by atoms with Crippen LogP contribution in [0.2, 0.25) is 0 Å². The molecule has 4 rings (SSSR count). The number of fused-ring (bicyclic) bond motifs is 1. The van der Waals surface area contributed by atoms with Crippen LogP contribution in [0.15, 0.2) is 40.2 Å². The number of thioether (sulfide) groups is 3. The van der Waals surface area contributed by atoms with E-state index in [1.54, 1.807) is 0 Å². The number of hydrogen-bond donors (Lipinski definition) is 16. The van der Waals surface area contributed by atoms with Gasteiger partial charge in [-0.25, -0.2) is 14.8 Å². The van der Waals surface area contributed by atoms with Gasteiger partial charge in [0, 0.05) is 30.6 Å². The molecule has 7 atom stereocenters. The smallest absolute Gasteiger partial charge is 0.326 e. The van der Waals surface area contributed by atoms with Gasteiger partial charge in [0.25, 0.3) is 17.4 Å². The summed E-state index contributed by atoms with van der Waals surface area (Å²) < 4.78 is -2.08. The molecule has 1 fully saturated rings. The summed E-state index contributed by atoms with van der Waals surface area (Å²) in [5.74, 6) is -12.9.